The molecule has 186 valence electrons. The van der Waals surface area contributed by atoms with E-state index in [9.17, 15) is 0 Å². The maximum atomic E-state index is 4.95. The molecule has 40 heavy (non-hydrogen) atoms. The van der Waals surface area contributed by atoms with Gasteiger partial charge in [0.15, 0.2) is 34.6 Å². The predicted octanol–water partition coefficient (Wildman–Crippen LogP) is 5.05. The van der Waals surface area contributed by atoms with Crippen molar-refractivity contribution in [2.75, 3.05) is 0 Å². The van der Waals surface area contributed by atoms with Gasteiger partial charge in [-0.15, -0.1) is 0 Å². The van der Waals surface area contributed by atoms with Gasteiger partial charge in [0.2, 0.25) is 0 Å². The van der Waals surface area contributed by atoms with Crippen LogP contribution in [0.25, 0.3) is 90.1 Å². The fraction of sp³-hybridized carbons (Fsp3) is 0. The minimum absolute atomic E-state index is 0.426. The average Bonchev–Trinajstić information content (AvgIpc) is 3.73. The van der Waals surface area contributed by atoms with Crippen LogP contribution >= 0.6 is 0 Å². The maximum absolute atomic E-state index is 4.95. The lowest BCUT2D eigenvalue weighted by Crippen LogP contribution is -1.85. The smallest absolute Gasteiger partial charge is 0.183 e. The first-order chi connectivity index (χ1) is 19.8. The van der Waals surface area contributed by atoms with E-state index in [4.69, 9.17) is 29.9 Å². The van der Waals surface area contributed by atoms with E-state index in [0.717, 1.165) is 27.5 Å². The van der Waals surface area contributed by atoms with Crippen LogP contribution in [0.1, 0.15) is 0 Å². The van der Waals surface area contributed by atoms with E-state index in [2.05, 4.69) is 24.9 Å². The summed E-state index contributed by atoms with van der Waals surface area (Å²) in [5.41, 5.74) is 6.75. The lowest BCUT2D eigenvalue weighted by molar-refractivity contribution is 1.18. The fourth-order valence-corrected chi connectivity index (χ4v) is 5.21. The zero-order chi connectivity index (χ0) is 26.2. The van der Waals surface area contributed by atoms with Crippen LogP contribution in [0.4, 0.5) is 0 Å². The second-order valence-corrected chi connectivity index (χ2v) is 9.35. The number of aromatic nitrogens is 11. The summed E-state index contributed by atoms with van der Waals surface area (Å²) in [4.78, 5) is 49.8. The molecule has 0 amide bonds. The lowest BCUT2D eigenvalue weighted by atomic mass is 10.1. The number of rotatable bonds is 0. The van der Waals surface area contributed by atoms with Crippen LogP contribution in [0.2, 0.25) is 0 Å². The van der Waals surface area contributed by atoms with Gasteiger partial charge in [0.05, 0.1) is 0 Å². The topological polar surface area (TPSA) is 148 Å². The fourth-order valence-electron chi connectivity index (χ4n) is 5.21. The first-order valence-corrected chi connectivity index (χ1v) is 12.6. The molecule has 6 aromatic heterocycles. The highest BCUT2D eigenvalue weighted by Gasteiger charge is 2.22. The van der Waals surface area contributed by atoms with Crippen molar-refractivity contribution in [1.82, 2.24) is 54.8 Å². The lowest BCUT2D eigenvalue weighted by Gasteiger charge is -1.96. The molecule has 0 fully saturated rings. The van der Waals surface area contributed by atoms with E-state index in [1.165, 1.54) is 0 Å². The largest absolute Gasteiger partial charge is 0.322 e. The quantitative estimate of drug-likeness (QED) is 0.282. The Balaban J connectivity index is 1.51. The number of fused-ring (bicyclic) bond motifs is 20. The molecular weight excluding hydrogens is 502 g/mol. The van der Waals surface area contributed by atoms with Gasteiger partial charge >= 0.3 is 0 Å². The van der Waals surface area contributed by atoms with Crippen molar-refractivity contribution < 1.29 is 0 Å². The van der Waals surface area contributed by atoms with E-state index < -0.39 is 0 Å². The molecule has 0 aliphatic carbocycles. The Kier molecular flexibility index (Phi) is 4.08. The molecule has 11 nitrogen and oxygen atoms in total. The van der Waals surface area contributed by atoms with Crippen molar-refractivity contribution in [3.63, 3.8) is 0 Å². The molecule has 9 rings (SSSR count). The third-order valence-corrected chi connectivity index (χ3v) is 7.01. The first kappa shape index (κ1) is 21.0. The number of nitrogens with zero attached hydrogens (tertiary/aromatic N) is 9. The van der Waals surface area contributed by atoms with Gasteiger partial charge in [0, 0.05) is 46.1 Å². The highest BCUT2D eigenvalue weighted by Crippen LogP contribution is 2.35. The van der Waals surface area contributed by atoms with Crippen molar-refractivity contribution >= 4 is 44.4 Å². The number of benzene rings is 1. The molecule has 11 heteroatoms. The molecule has 2 aliphatic rings. The van der Waals surface area contributed by atoms with Gasteiger partial charge in [-0.1, -0.05) is 24.3 Å². The monoisotopic (exact) mass is 517 g/mol. The van der Waals surface area contributed by atoms with Crippen molar-refractivity contribution in [1.29, 1.82) is 0 Å². The Morgan fingerprint density at radius 1 is 0.400 bits per heavy atom. The van der Waals surface area contributed by atoms with Gasteiger partial charge < -0.3 is 9.97 Å². The summed E-state index contributed by atoms with van der Waals surface area (Å²) in [5, 5.41) is 1.64. The van der Waals surface area contributed by atoms with E-state index in [1.54, 1.807) is 18.6 Å². The molecule has 2 aliphatic heterocycles. The molecule has 2 N–H and O–H groups in total. The van der Waals surface area contributed by atoms with Gasteiger partial charge in [0.1, 0.15) is 28.0 Å². The van der Waals surface area contributed by atoms with E-state index in [-0.39, 0.29) is 0 Å². The summed E-state index contributed by atoms with van der Waals surface area (Å²) >= 11 is 0. The van der Waals surface area contributed by atoms with Crippen LogP contribution in [-0.4, -0.2) is 54.8 Å². The van der Waals surface area contributed by atoms with Crippen LogP contribution in [0.5, 0.6) is 0 Å². The SMILES string of the molecule is c1ccc2c(c1)-c1nc-2nc2[nH]c(nc3nc(nc4[nH]c(n1)c1cccnc41)-c1cccnc1-3)c1ncccc21. The molecule has 0 radical (unpaired) electrons. The summed E-state index contributed by atoms with van der Waals surface area (Å²) in [7, 11) is 0. The first-order valence-electron chi connectivity index (χ1n) is 12.6. The summed E-state index contributed by atoms with van der Waals surface area (Å²) in [6, 6.07) is 19.4. The van der Waals surface area contributed by atoms with Gasteiger partial charge in [-0.2, -0.15) is 0 Å². The minimum atomic E-state index is 0.426. The molecule has 8 bridgehead atoms. The van der Waals surface area contributed by atoms with Gasteiger partial charge in [-0.05, 0) is 36.4 Å². The molecule has 7 aromatic rings. The number of H-pyrrole nitrogens is 2. The molecule has 0 atom stereocenters. The van der Waals surface area contributed by atoms with Gasteiger partial charge in [-0.25, -0.2) is 29.9 Å². The standard InChI is InChI=1S/C29H15N11/c1-2-7-15-14(6-1)22-33-23(15)35-25-17-9-4-12-31-20(17)28(37-25)40-29-21-18(10-5-13-32-21)26(39-29)38-27-19-16(8-3-11-30-19)24(34-22)36-27/h1-13H,(H2,33,34,35,36,37,38,39,40). The summed E-state index contributed by atoms with van der Waals surface area (Å²) in [5.74, 6) is 1.99. The zero-order valence-electron chi connectivity index (χ0n) is 20.5. The van der Waals surface area contributed by atoms with Crippen molar-refractivity contribution in [3.05, 3.63) is 79.3 Å². The van der Waals surface area contributed by atoms with Crippen molar-refractivity contribution in [3.8, 4) is 45.7 Å². The average molecular weight is 518 g/mol. The molecule has 0 spiro atoms. The van der Waals surface area contributed by atoms with Gasteiger partial charge in [-0.3, -0.25) is 15.0 Å². The van der Waals surface area contributed by atoms with E-state index >= 15 is 0 Å². The molecule has 8 heterocycles. The molecular formula is C29H15N11. The number of hydrogen-bond acceptors (Lipinski definition) is 9. The van der Waals surface area contributed by atoms with E-state index in [1.807, 2.05) is 60.7 Å². The Morgan fingerprint density at radius 3 is 1.52 bits per heavy atom. The predicted molar refractivity (Wildman–Crippen MR) is 149 cm³/mol. The zero-order valence-corrected chi connectivity index (χ0v) is 20.5. The van der Waals surface area contributed by atoms with Crippen LogP contribution in [0.15, 0.2) is 79.3 Å². The van der Waals surface area contributed by atoms with E-state index in [0.29, 0.717) is 62.6 Å². The number of aromatic amines is 2. The number of pyridine rings is 3. The molecule has 1 aromatic carbocycles. The molecule has 0 saturated carbocycles. The van der Waals surface area contributed by atoms with Crippen LogP contribution in [0, 0.1) is 0 Å². The Labute approximate surface area is 224 Å². The Hall–Kier alpha value is -5.97. The van der Waals surface area contributed by atoms with Crippen LogP contribution < -0.4 is 0 Å². The Morgan fingerprint density at radius 2 is 0.875 bits per heavy atom. The molecule has 0 saturated heterocycles. The number of nitrogens with one attached hydrogen (secondary N) is 2. The summed E-state index contributed by atoms with van der Waals surface area (Å²) < 4.78 is 0. The second kappa shape index (κ2) is 7.77. The third kappa shape index (κ3) is 2.96. The third-order valence-electron chi connectivity index (χ3n) is 7.01. The van der Waals surface area contributed by atoms with Crippen molar-refractivity contribution in [2.24, 2.45) is 0 Å². The van der Waals surface area contributed by atoms with Crippen LogP contribution in [0.3, 0.4) is 0 Å². The molecule has 0 unspecified atom stereocenters. The minimum Gasteiger partial charge on any atom is -0.322 e. The maximum Gasteiger partial charge on any atom is 0.183 e. The highest BCUT2D eigenvalue weighted by molar-refractivity contribution is 6.03. The van der Waals surface area contributed by atoms with Gasteiger partial charge in [0.25, 0.3) is 0 Å². The number of hydrogen-bond donors (Lipinski definition) is 2. The van der Waals surface area contributed by atoms with Crippen molar-refractivity contribution in [2.45, 2.75) is 0 Å². The Bertz CT molecular complexity index is 2030. The second-order valence-electron chi connectivity index (χ2n) is 9.35. The summed E-state index contributed by atoms with van der Waals surface area (Å²) in [6.07, 6.45) is 5.17. The highest BCUT2D eigenvalue weighted by atomic mass is 15.1. The summed E-state index contributed by atoms with van der Waals surface area (Å²) in [6.45, 7) is 0. The normalized spacial score (nSPS) is 12.0. The van der Waals surface area contributed by atoms with Crippen LogP contribution in [-0.2, 0) is 0 Å².